The number of rotatable bonds is 4. The van der Waals surface area contributed by atoms with E-state index in [1.54, 1.807) is 12.1 Å². The van der Waals surface area contributed by atoms with Crippen molar-refractivity contribution in [2.24, 2.45) is 0 Å². The number of ether oxygens (including phenoxy) is 1. The van der Waals surface area contributed by atoms with Crippen molar-refractivity contribution in [1.29, 1.82) is 10.5 Å². The largest absolute Gasteiger partial charge is 0.450 e. The molecule has 0 atom stereocenters. The molecule has 0 saturated heterocycles. The van der Waals surface area contributed by atoms with Crippen LogP contribution in [0, 0.1) is 32.8 Å². The Balaban J connectivity index is 2.42. The van der Waals surface area contributed by atoms with Gasteiger partial charge in [0, 0.05) is 6.07 Å². The van der Waals surface area contributed by atoms with Gasteiger partial charge in [-0.1, -0.05) is 12.1 Å². The summed E-state index contributed by atoms with van der Waals surface area (Å²) in [5.41, 5.74) is -1.53. The molecule has 0 aliphatic carbocycles. The van der Waals surface area contributed by atoms with Crippen LogP contribution in [0.3, 0.4) is 0 Å². The summed E-state index contributed by atoms with van der Waals surface area (Å²) in [4.78, 5) is 10.4. The number of hydrogen-bond donors (Lipinski definition) is 0. The second-order valence-electron chi connectivity index (χ2n) is 4.89. The molecule has 0 spiro atoms. The number of nitrogens with zero attached hydrogens (tertiary/aromatic N) is 3. The summed E-state index contributed by atoms with van der Waals surface area (Å²) >= 11 is 0. The van der Waals surface area contributed by atoms with Crippen LogP contribution in [0.4, 0.5) is 18.9 Å². The molecule has 0 N–H and O–H groups in total. The first-order chi connectivity index (χ1) is 12.2. The number of nitro benzene ring substituents is 1. The molecule has 130 valence electrons. The van der Waals surface area contributed by atoms with Crippen LogP contribution < -0.4 is 4.74 Å². The van der Waals surface area contributed by atoms with E-state index in [2.05, 4.69) is 0 Å². The first-order valence-electron chi connectivity index (χ1n) is 6.90. The zero-order valence-corrected chi connectivity index (χ0v) is 12.8. The number of nitriles is 2. The van der Waals surface area contributed by atoms with Crippen LogP contribution in [0.2, 0.25) is 0 Å². The minimum atomic E-state index is -4.58. The number of alkyl halides is 3. The van der Waals surface area contributed by atoms with Crippen LogP contribution in [-0.2, 0) is 6.18 Å². The van der Waals surface area contributed by atoms with E-state index >= 15 is 0 Å². The fraction of sp³-hybridized carbons (Fsp3) is 0.0588. The van der Waals surface area contributed by atoms with Crippen molar-refractivity contribution in [2.75, 3.05) is 0 Å². The fourth-order valence-electron chi connectivity index (χ4n) is 1.97. The van der Waals surface area contributed by atoms with Gasteiger partial charge in [0.1, 0.15) is 23.5 Å². The maximum atomic E-state index is 12.7. The molecule has 2 aromatic rings. The maximum Gasteiger partial charge on any atom is 0.416 e. The van der Waals surface area contributed by atoms with Crippen molar-refractivity contribution in [1.82, 2.24) is 0 Å². The Morgan fingerprint density at radius 1 is 1.15 bits per heavy atom. The van der Waals surface area contributed by atoms with Crippen molar-refractivity contribution in [3.63, 3.8) is 0 Å². The van der Waals surface area contributed by atoms with E-state index in [9.17, 15) is 23.3 Å². The minimum Gasteiger partial charge on any atom is -0.450 e. The van der Waals surface area contributed by atoms with Crippen molar-refractivity contribution in [2.45, 2.75) is 6.18 Å². The van der Waals surface area contributed by atoms with Gasteiger partial charge >= 0.3 is 11.9 Å². The molecule has 0 radical (unpaired) electrons. The third-order valence-electron chi connectivity index (χ3n) is 3.12. The highest BCUT2D eigenvalue weighted by Crippen LogP contribution is 2.36. The summed E-state index contributed by atoms with van der Waals surface area (Å²) < 4.78 is 43.4. The molecule has 0 heterocycles. The van der Waals surface area contributed by atoms with Crippen LogP contribution in [0.15, 0.2) is 48.0 Å². The summed E-state index contributed by atoms with van der Waals surface area (Å²) in [6.07, 6.45) is -3.44. The molecular formula is C17H8F3N3O3. The average molecular weight is 359 g/mol. The lowest BCUT2D eigenvalue weighted by Gasteiger charge is -2.10. The molecule has 0 fully saturated rings. The Morgan fingerprint density at radius 3 is 2.42 bits per heavy atom. The van der Waals surface area contributed by atoms with Gasteiger partial charge in [-0.25, -0.2) is 0 Å². The lowest BCUT2D eigenvalue weighted by atomic mass is 10.1. The Kier molecular flexibility index (Phi) is 5.24. The molecule has 0 aliphatic rings. The van der Waals surface area contributed by atoms with E-state index in [0.29, 0.717) is 0 Å². The van der Waals surface area contributed by atoms with Crippen LogP contribution in [-0.4, -0.2) is 4.92 Å². The second kappa shape index (κ2) is 7.36. The number of hydrogen-bond acceptors (Lipinski definition) is 5. The molecule has 2 aromatic carbocycles. The van der Waals surface area contributed by atoms with Gasteiger partial charge in [0.05, 0.1) is 10.5 Å². The molecule has 0 aromatic heterocycles. The van der Waals surface area contributed by atoms with Gasteiger partial charge in [0.15, 0.2) is 0 Å². The highest BCUT2D eigenvalue weighted by molar-refractivity contribution is 5.66. The number of benzene rings is 2. The second-order valence-corrected chi connectivity index (χ2v) is 4.89. The lowest BCUT2D eigenvalue weighted by Crippen LogP contribution is -2.04. The normalized spacial score (nSPS) is 10.3. The van der Waals surface area contributed by atoms with Crippen LogP contribution in [0.1, 0.15) is 11.1 Å². The van der Waals surface area contributed by atoms with Gasteiger partial charge in [-0.3, -0.25) is 10.1 Å². The zero-order chi connectivity index (χ0) is 19.3. The molecule has 0 bridgehead atoms. The summed E-state index contributed by atoms with van der Waals surface area (Å²) in [5.74, 6) is -0.497. The first kappa shape index (κ1) is 18.5. The minimum absolute atomic E-state index is 0.200. The lowest BCUT2D eigenvalue weighted by molar-refractivity contribution is -0.385. The maximum absolute atomic E-state index is 12.7. The molecule has 9 heteroatoms. The van der Waals surface area contributed by atoms with E-state index in [-0.39, 0.29) is 22.6 Å². The van der Waals surface area contributed by atoms with E-state index in [0.717, 1.165) is 30.3 Å². The Morgan fingerprint density at radius 2 is 1.85 bits per heavy atom. The monoisotopic (exact) mass is 359 g/mol. The van der Waals surface area contributed by atoms with E-state index in [1.165, 1.54) is 18.2 Å². The van der Waals surface area contributed by atoms with E-state index in [1.807, 2.05) is 0 Å². The molecule has 0 saturated carbocycles. The van der Waals surface area contributed by atoms with Crippen LogP contribution >= 0.6 is 0 Å². The number of nitro groups is 1. The van der Waals surface area contributed by atoms with Gasteiger partial charge in [0.2, 0.25) is 5.75 Å². The summed E-state index contributed by atoms with van der Waals surface area (Å²) in [6, 6.07) is 10.7. The molecule has 6 nitrogen and oxygen atoms in total. The molecule has 26 heavy (non-hydrogen) atoms. The first-order valence-corrected chi connectivity index (χ1v) is 6.90. The SMILES string of the molecule is N#CC(C#N)=Cc1ccc(Oc2cccc(C(F)(F)F)c2)c([N+](=O)[O-])c1. The standard InChI is InChI=1S/C17H8F3N3O3/c18-17(19,20)13-2-1-3-14(8-13)26-16-5-4-11(6-12(9-21)10-22)7-15(16)23(24)25/h1-8H. The Labute approximate surface area is 145 Å². The third-order valence-corrected chi connectivity index (χ3v) is 3.12. The Hall–Kier alpha value is -3.85. The molecular weight excluding hydrogens is 351 g/mol. The van der Waals surface area contributed by atoms with Crippen molar-refractivity contribution < 1.29 is 22.8 Å². The summed E-state index contributed by atoms with van der Waals surface area (Å²) in [6.45, 7) is 0. The summed E-state index contributed by atoms with van der Waals surface area (Å²) in [7, 11) is 0. The zero-order valence-electron chi connectivity index (χ0n) is 12.8. The third kappa shape index (κ3) is 4.36. The smallest absolute Gasteiger partial charge is 0.416 e. The average Bonchev–Trinajstić information content (AvgIpc) is 2.60. The van der Waals surface area contributed by atoms with Gasteiger partial charge in [-0.2, -0.15) is 23.7 Å². The highest BCUT2D eigenvalue weighted by atomic mass is 19.4. The molecule has 0 unspecified atom stereocenters. The van der Waals surface area contributed by atoms with Crippen LogP contribution in [0.5, 0.6) is 11.5 Å². The van der Waals surface area contributed by atoms with Crippen molar-refractivity contribution in [3.8, 4) is 23.6 Å². The van der Waals surface area contributed by atoms with Gasteiger partial charge in [-0.05, 0) is 35.9 Å². The van der Waals surface area contributed by atoms with Crippen LogP contribution in [0.25, 0.3) is 6.08 Å². The van der Waals surface area contributed by atoms with Gasteiger partial charge < -0.3 is 4.74 Å². The van der Waals surface area contributed by atoms with Crippen molar-refractivity contribution >= 4 is 11.8 Å². The quantitative estimate of drug-likeness (QED) is 0.442. The predicted octanol–water partition coefficient (Wildman–Crippen LogP) is 4.84. The van der Waals surface area contributed by atoms with E-state index in [4.69, 9.17) is 15.3 Å². The topological polar surface area (TPSA) is 100.0 Å². The van der Waals surface area contributed by atoms with Crippen molar-refractivity contribution in [3.05, 3.63) is 69.3 Å². The summed E-state index contributed by atoms with van der Waals surface area (Å²) in [5, 5.41) is 28.6. The number of halogens is 3. The fourth-order valence-corrected chi connectivity index (χ4v) is 1.97. The molecule has 2 rings (SSSR count). The molecule has 0 amide bonds. The number of allylic oxidation sites excluding steroid dienone is 1. The highest BCUT2D eigenvalue weighted by Gasteiger charge is 2.30. The Bertz CT molecular complexity index is 954. The molecule has 0 aliphatic heterocycles. The van der Waals surface area contributed by atoms with Gasteiger partial charge in [-0.15, -0.1) is 0 Å². The predicted molar refractivity (Wildman–Crippen MR) is 83.8 cm³/mol. The van der Waals surface area contributed by atoms with E-state index < -0.39 is 22.4 Å². The van der Waals surface area contributed by atoms with Gasteiger partial charge in [0.25, 0.3) is 0 Å².